The Labute approximate surface area is 153 Å². The van der Waals surface area contributed by atoms with Crippen LogP contribution < -0.4 is 0 Å². The number of rotatable bonds is 5. The molecule has 3 rings (SSSR count). The van der Waals surface area contributed by atoms with Gasteiger partial charge in [-0.15, -0.1) is 0 Å². The van der Waals surface area contributed by atoms with E-state index in [1.165, 1.54) is 0 Å². The molecule has 1 N–H and O–H groups in total. The van der Waals surface area contributed by atoms with Crippen molar-refractivity contribution in [2.75, 3.05) is 0 Å². The van der Waals surface area contributed by atoms with E-state index in [2.05, 4.69) is 35.9 Å². The standard InChI is InChI=1S/C22H22N2O2/c1-5-19-15(3)14(2)18(13-20(19)22(25)26)12-16-6-8-17(9-7-16)21-10-11-24(4)23-21/h5-11,13H,1,12H2,2-4H3,(H,25,26). The largest absolute Gasteiger partial charge is 0.478 e. The third kappa shape index (κ3) is 3.31. The summed E-state index contributed by atoms with van der Waals surface area (Å²) in [6.07, 6.45) is 4.23. The molecule has 0 aliphatic carbocycles. The molecule has 3 aromatic rings. The Morgan fingerprint density at radius 1 is 1.19 bits per heavy atom. The number of nitrogens with zero attached hydrogens (tertiary/aromatic N) is 2. The number of hydrogen-bond donors (Lipinski definition) is 1. The number of carbonyl (C=O) groups is 1. The summed E-state index contributed by atoms with van der Waals surface area (Å²) in [5.41, 5.74) is 7.25. The number of benzene rings is 2. The van der Waals surface area contributed by atoms with Crippen LogP contribution >= 0.6 is 0 Å². The fourth-order valence-corrected chi connectivity index (χ4v) is 3.21. The molecule has 4 heteroatoms. The molecule has 0 atom stereocenters. The van der Waals surface area contributed by atoms with E-state index in [0.717, 1.165) is 33.5 Å². The maximum atomic E-state index is 11.6. The zero-order valence-corrected chi connectivity index (χ0v) is 15.3. The van der Waals surface area contributed by atoms with Crippen LogP contribution in [0.4, 0.5) is 0 Å². The van der Waals surface area contributed by atoms with Gasteiger partial charge in [-0.05, 0) is 60.2 Å². The summed E-state index contributed by atoms with van der Waals surface area (Å²) in [6.45, 7) is 7.74. The second-order valence-corrected chi connectivity index (χ2v) is 6.50. The Hall–Kier alpha value is -3.14. The van der Waals surface area contributed by atoms with Gasteiger partial charge >= 0.3 is 5.97 Å². The van der Waals surface area contributed by atoms with E-state index in [-0.39, 0.29) is 0 Å². The molecule has 0 bridgehead atoms. The smallest absolute Gasteiger partial charge is 0.336 e. The van der Waals surface area contributed by atoms with Crippen molar-refractivity contribution in [3.63, 3.8) is 0 Å². The SMILES string of the molecule is C=Cc1c(C(=O)O)cc(Cc2ccc(-c3ccn(C)n3)cc2)c(C)c1C. The normalized spacial score (nSPS) is 10.7. The first-order valence-electron chi connectivity index (χ1n) is 8.48. The van der Waals surface area contributed by atoms with Crippen LogP contribution in [-0.2, 0) is 13.5 Å². The van der Waals surface area contributed by atoms with Crippen molar-refractivity contribution >= 4 is 12.0 Å². The quantitative estimate of drug-likeness (QED) is 0.732. The van der Waals surface area contributed by atoms with Crippen LogP contribution in [-0.4, -0.2) is 20.9 Å². The highest BCUT2D eigenvalue weighted by Crippen LogP contribution is 2.26. The van der Waals surface area contributed by atoms with Gasteiger partial charge in [0.25, 0.3) is 0 Å². The van der Waals surface area contributed by atoms with Gasteiger partial charge in [-0.3, -0.25) is 4.68 Å². The molecular weight excluding hydrogens is 324 g/mol. The summed E-state index contributed by atoms with van der Waals surface area (Å²) in [5, 5.41) is 13.9. The molecule has 2 aromatic carbocycles. The number of carboxylic acids is 1. The number of aromatic carboxylic acids is 1. The molecule has 0 aliphatic heterocycles. The Balaban J connectivity index is 1.93. The average Bonchev–Trinajstić information content (AvgIpc) is 3.05. The first-order chi connectivity index (χ1) is 12.4. The lowest BCUT2D eigenvalue weighted by Crippen LogP contribution is -2.06. The molecule has 0 saturated carbocycles. The minimum absolute atomic E-state index is 0.309. The Bertz CT molecular complexity index is 982. The molecular formula is C22H22N2O2. The van der Waals surface area contributed by atoms with E-state index >= 15 is 0 Å². The number of aromatic nitrogens is 2. The Morgan fingerprint density at radius 3 is 2.42 bits per heavy atom. The van der Waals surface area contributed by atoms with Crippen molar-refractivity contribution < 1.29 is 9.90 Å². The highest BCUT2D eigenvalue weighted by molar-refractivity contribution is 5.93. The number of carboxylic acid groups (broad SMARTS) is 1. The lowest BCUT2D eigenvalue weighted by Gasteiger charge is -2.15. The van der Waals surface area contributed by atoms with Gasteiger partial charge in [0.05, 0.1) is 11.3 Å². The van der Waals surface area contributed by atoms with Crippen molar-refractivity contribution in [3.05, 3.63) is 82.6 Å². The third-order valence-electron chi connectivity index (χ3n) is 4.85. The molecule has 0 amide bonds. The third-order valence-corrected chi connectivity index (χ3v) is 4.85. The second-order valence-electron chi connectivity index (χ2n) is 6.50. The van der Waals surface area contributed by atoms with E-state index in [4.69, 9.17) is 0 Å². The summed E-state index contributed by atoms with van der Waals surface area (Å²) in [7, 11) is 1.90. The van der Waals surface area contributed by atoms with E-state index in [0.29, 0.717) is 17.5 Å². The molecule has 1 aromatic heterocycles. The minimum Gasteiger partial charge on any atom is -0.478 e. The minimum atomic E-state index is -0.922. The zero-order valence-electron chi connectivity index (χ0n) is 15.3. The number of hydrogen-bond acceptors (Lipinski definition) is 2. The molecule has 0 fully saturated rings. The molecule has 0 spiro atoms. The molecule has 0 radical (unpaired) electrons. The summed E-state index contributed by atoms with van der Waals surface area (Å²) in [4.78, 5) is 11.6. The monoisotopic (exact) mass is 346 g/mol. The molecule has 132 valence electrons. The van der Waals surface area contributed by atoms with Crippen molar-refractivity contribution in [2.24, 2.45) is 7.05 Å². The summed E-state index contributed by atoms with van der Waals surface area (Å²) in [6, 6.07) is 12.0. The Kier molecular flexibility index (Phi) is 4.76. The zero-order chi connectivity index (χ0) is 18.8. The van der Waals surface area contributed by atoms with Gasteiger partial charge in [0.1, 0.15) is 0 Å². The molecule has 0 saturated heterocycles. The van der Waals surface area contributed by atoms with Gasteiger partial charge in [0.15, 0.2) is 0 Å². The van der Waals surface area contributed by atoms with Crippen LogP contribution in [0.1, 0.15) is 38.2 Å². The fraction of sp³-hybridized carbons (Fsp3) is 0.182. The lowest BCUT2D eigenvalue weighted by atomic mass is 9.90. The maximum absolute atomic E-state index is 11.6. The second kappa shape index (κ2) is 7.00. The topological polar surface area (TPSA) is 55.1 Å². The van der Waals surface area contributed by atoms with Gasteiger partial charge in [-0.1, -0.05) is 36.9 Å². The van der Waals surface area contributed by atoms with E-state index < -0.39 is 5.97 Å². The maximum Gasteiger partial charge on any atom is 0.336 e. The van der Waals surface area contributed by atoms with Crippen molar-refractivity contribution in [2.45, 2.75) is 20.3 Å². The highest BCUT2D eigenvalue weighted by Gasteiger charge is 2.15. The van der Waals surface area contributed by atoms with Gasteiger partial charge in [0.2, 0.25) is 0 Å². The lowest BCUT2D eigenvalue weighted by molar-refractivity contribution is 0.0696. The van der Waals surface area contributed by atoms with Crippen molar-refractivity contribution in [1.29, 1.82) is 0 Å². The first kappa shape index (κ1) is 17.7. The van der Waals surface area contributed by atoms with Gasteiger partial charge < -0.3 is 5.11 Å². The average molecular weight is 346 g/mol. The summed E-state index contributed by atoms with van der Waals surface area (Å²) in [5.74, 6) is -0.922. The van der Waals surface area contributed by atoms with Crippen molar-refractivity contribution in [1.82, 2.24) is 9.78 Å². The molecule has 0 aliphatic rings. The number of aryl methyl sites for hydroxylation is 1. The van der Waals surface area contributed by atoms with E-state index in [1.54, 1.807) is 16.8 Å². The predicted molar refractivity (Wildman–Crippen MR) is 104 cm³/mol. The first-order valence-corrected chi connectivity index (χ1v) is 8.48. The van der Waals surface area contributed by atoms with Gasteiger partial charge in [-0.2, -0.15) is 5.10 Å². The fourth-order valence-electron chi connectivity index (χ4n) is 3.21. The van der Waals surface area contributed by atoms with Crippen molar-refractivity contribution in [3.8, 4) is 11.3 Å². The molecule has 26 heavy (non-hydrogen) atoms. The Morgan fingerprint density at radius 2 is 1.88 bits per heavy atom. The van der Waals surface area contributed by atoms with E-state index in [1.807, 2.05) is 33.2 Å². The van der Waals surface area contributed by atoms with Crippen LogP contribution in [0.5, 0.6) is 0 Å². The molecule has 4 nitrogen and oxygen atoms in total. The van der Waals surface area contributed by atoms with Crippen LogP contribution in [0.2, 0.25) is 0 Å². The summed E-state index contributed by atoms with van der Waals surface area (Å²) >= 11 is 0. The van der Waals surface area contributed by atoms with Crippen LogP contribution in [0, 0.1) is 13.8 Å². The van der Waals surface area contributed by atoms with E-state index in [9.17, 15) is 9.90 Å². The predicted octanol–water partition coefficient (Wildman–Crippen LogP) is 4.64. The van der Waals surface area contributed by atoms with Crippen LogP contribution in [0.3, 0.4) is 0 Å². The summed E-state index contributed by atoms with van der Waals surface area (Å²) < 4.78 is 1.78. The van der Waals surface area contributed by atoms with Gasteiger partial charge in [-0.25, -0.2) is 4.79 Å². The molecule has 1 heterocycles. The van der Waals surface area contributed by atoms with Gasteiger partial charge in [0, 0.05) is 18.8 Å². The molecule has 0 unspecified atom stereocenters. The van der Waals surface area contributed by atoms with Crippen LogP contribution in [0.25, 0.3) is 17.3 Å². The van der Waals surface area contributed by atoms with Crippen LogP contribution in [0.15, 0.2) is 49.2 Å². The highest BCUT2D eigenvalue weighted by atomic mass is 16.4.